The Morgan fingerprint density at radius 1 is 1.44 bits per heavy atom. The Hall–Kier alpha value is -1.06. The summed E-state index contributed by atoms with van der Waals surface area (Å²) in [6, 6.07) is 5.65. The molecule has 0 aliphatic rings. The minimum Gasteiger partial charge on any atom is -0.330 e. The van der Waals surface area contributed by atoms with E-state index in [1.807, 2.05) is 12.1 Å². The summed E-state index contributed by atoms with van der Waals surface area (Å²) in [5.41, 5.74) is 7.24. The molecule has 1 aromatic carbocycles. The van der Waals surface area contributed by atoms with Crippen LogP contribution in [0.3, 0.4) is 0 Å². The second-order valence-corrected chi connectivity index (χ2v) is 4.11. The van der Waals surface area contributed by atoms with Crippen molar-refractivity contribution in [3.8, 4) is 0 Å². The normalized spacial score (nSPS) is 10.2. The van der Waals surface area contributed by atoms with Crippen molar-refractivity contribution in [3.63, 3.8) is 0 Å². The first-order chi connectivity index (χ1) is 7.65. The third-order valence-electron chi connectivity index (χ3n) is 2.30. The van der Waals surface area contributed by atoms with Gasteiger partial charge >= 0.3 is 0 Å². The fraction of sp³-hybridized carbons (Fsp3) is 0.417. The van der Waals surface area contributed by atoms with Gasteiger partial charge in [-0.3, -0.25) is 4.79 Å². The number of carbonyl (C=O) groups excluding carboxylic acids is 1. The Morgan fingerprint density at radius 3 is 2.81 bits per heavy atom. The molecule has 0 bridgehead atoms. The van der Waals surface area contributed by atoms with Gasteiger partial charge < -0.3 is 11.1 Å². The SMILES string of the molecule is CC(=O)Nc1c(Cl)cccc1CCCCN. The monoisotopic (exact) mass is 240 g/mol. The number of nitrogens with one attached hydrogen (secondary N) is 1. The predicted molar refractivity (Wildman–Crippen MR) is 67.7 cm³/mol. The summed E-state index contributed by atoms with van der Waals surface area (Å²) >= 11 is 6.05. The number of halogens is 1. The maximum absolute atomic E-state index is 11.1. The van der Waals surface area contributed by atoms with Gasteiger partial charge in [0.15, 0.2) is 0 Å². The highest BCUT2D eigenvalue weighted by atomic mass is 35.5. The molecular formula is C12H17ClN2O. The minimum atomic E-state index is -0.104. The molecule has 16 heavy (non-hydrogen) atoms. The van der Waals surface area contributed by atoms with Crippen molar-refractivity contribution >= 4 is 23.2 Å². The van der Waals surface area contributed by atoms with Gasteiger partial charge in [-0.25, -0.2) is 0 Å². The summed E-state index contributed by atoms with van der Waals surface area (Å²) in [4.78, 5) is 11.1. The molecule has 0 heterocycles. The number of hydrogen-bond donors (Lipinski definition) is 2. The fourth-order valence-corrected chi connectivity index (χ4v) is 1.79. The maximum atomic E-state index is 11.1. The van der Waals surface area contributed by atoms with Crippen molar-refractivity contribution in [2.75, 3.05) is 11.9 Å². The van der Waals surface area contributed by atoms with E-state index < -0.39 is 0 Å². The van der Waals surface area contributed by atoms with E-state index in [0.717, 1.165) is 30.5 Å². The maximum Gasteiger partial charge on any atom is 0.221 e. The molecule has 3 N–H and O–H groups in total. The van der Waals surface area contributed by atoms with Gasteiger partial charge in [-0.1, -0.05) is 23.7 Å². The molecule has 3 nitrogen and oxygen atoms in total. The standard InChI is InChI=1S/C12H17ClN2O/c1-9(16)15-12-10(5-2-3-8-14)6-4-7-11(12)13/h4,6-7H,2-3,5,8,14H2,1H3,(H,15,16). The lowest BCUT2D eigenvalue weighted by Crippen LogP contribution is -2.09. The largest absolute Gasteiger partial charge is 0.330 e. The van der Waals surface area contributed by atoms with Crippen LogP contribution in [0.4, 0.5) is 5.69 Å². The van der Waals surface area contributed by atoms with Crippen LogP contribution >= 0.6 is 11.6 Å². The third-order valence-corrected chi connectivity index (χ3v) is 2.62. The average Bonchev–Trinajstić information content (AvgIpc) is 2.23. The van der Waals surface area contributed by atoms with Crippen LogP contribution in [-0.2, 0) is 11.2 Å². The van der Waals surface area contributed by atoms with Gasteiger partial charge in [0.2, 0.25) is 5.91 Å². The molecule has 0 aliphatic carbocycles. The summed E-state index contributed by atoms with van der Waals surface area (Å²) in [7, 11) is 0. The van der Waals surface area contributed by atoms with Crippen molar-refractivity contribution in [1.29, 1.82) is 0 Å². The topological polar surface area (TPSA) is 55.1 Å². The van der Waals surface area contributed by atoms with Gasteiger partial charge in [0, 0.05) is 6.92 Å². The fourth-order valence-electron chi connectivity index (χ4n) is 1.55. The summed E-state index contributed by atoms with van der Waals surface area (Å²) in [6.07, 6.45) is 2.86. The summed E-state index contributed by atoms with van der Waals surface area (Å²) in [5, 5.41) is 3.35. The molecular weight excluding hydrogens is 224 g/mol. The lowest BCUT2D eigenvalue weighted by molar-refractivity contribution is -0.114. The number of nitrogens with two attached hydrogens (primary N) is 1. The van der Waals surface area contributed by atoms with E-state index >= 15 is 0 Å². The van der Waals surface area contributed by atoms with Crippen LogP contribution < -0.4 is 11.1 Å². The molecule has 0 fully saturated rings. The lowest BCUT2D eigenvalue weighted by atomic mass is 10.1. The Morgan fingerprint density at radius 2 is 2.19 bits per heavy atom. The first-order valence-electron chi connectivity index (χ1n) is 5.40. The molecule has 1 aromatic rings. The number of anilines is 1. The Kier molecular flexibility index (Phi) is 5.29. The predicted octanol–water partition coefficient (Wildman–Crippen LogP) is 2.58. The van der Waals surface area contributed by atoms with E-state index in [9.17, 15) is 4.79 Å². The molecule has 0 spiro atoms. The van der Waals surface area contributed by atoms with Crippen LogP contribution in [0.5, 0.6) is 0 Å². The zero-order valence-electron chi connectivity index (χ0n) is 9.42. The first-order valence-corrected chi connectivity index (χ1v) is 5.78. The molecule has 4 heteroatoms. The van der Waals surface area contributed by atoms with E-state index in [4.69, 9.17) is 17.3 Å². The summed E-state index contributed by atoms with van der Waals surface area (Å²) < 4.78 is 0. The highest BCUT2D eigenvalue weighted by Crippen LogP contribution is 2.27. The molecule has 88 valence electrons. The van der Waals surface area contributed by atoms with E-state index in [2.05, 4.69) is 5.32 Å². The summed E-state index contributed by atoms with van der Waals surface area (Å²) in [5.74, 6) is -0.104. The highest BCUT2D eigenvalue weighted by molar-refractivity contribution is 6.33. The smallest absolute Gasteiger partial charge is 0.221 e. The van der Waals surface area contributed by atoms with Gasteiger partial charge in [-0.05, 0) is 37.4 Å². The zero-order valence-corrected chi connectivity index (χ0v) is 10.2. The number of benzene rings is 1. The molecule has 1 amide bonds. The van der Waals surface area contributed by atoms with E-state index in [1.54, 1.807) is 6.07 Å². The number of aryl methyl sites for hydroxylation is 1. The van der Waals surface area contributed by atoms with Crippen LogP contribution in [0, 0.1) is 0 Å². The molecule has 0 aliphatic heterocycles. The molecule has 0 unspecified atom stereocenters. The van der Waals surface area contributed by atoms with Gasteiger partial charge in [-0.15, -0.1) is 0 Å². The van der Waals surface area contributed by atoms with Crippen LogP contribution in [-0.4, -0.2) is 12.5 Å². The van der Waals surface area contributed by atoms with Crippen molar-refractivity contribution in [2.24, 2.45) is 5.73 Å². The minimum absolute atomic E-state index is 0.104. The zero-order chi connectivity index (χ0) is 12.0. The number of carbonyl (C=O) groups is 1. The lowest BCUT2D eigenvalue weighted by Gasteiger charge is -2.11. The van der Waals surface area contributed by atoms with E-state index in [0.29, 0.717) is 11.6 Å². The number of rotatable bonds is 5. The van der Waals surface area contributed by atoms with Crippen molar-refractivity contribution < 1.29 is 4.79 Å². The van der Waals surface area contributed by atoms with Crippen LogP contribution in [0.2, 0.25) is 5.02 Å². The van der Waals surface area contributed by atoms with Crippen molar-refractivity contribution in [1.82, 2.24) is 0 Å². The Bertz CT molecular complexity index is 366. The van der Waals surface area contributed by atoms with Crippen molar-refractivity contribution in [3.05, 3.63) is 28.8 Å². The molecule has 1 rings (SSSR count). The molecule has 0 atom stereocenters. The van der Waals surface area contributed by atoms with Crippen LogP contribution in [0.25, 0.3) is 0 Å². The molecule has 0 radical (unpaired) electrons. The number of unbranched alkanes of at least 4 members (excludes halogenated alkanes) is 1. The van der Waals surface area contributed by atoms with Gasteiger partial charge in [-0.2, -0.15) is 0 Å². The second kappa shape index (κ2) is 6.51. The number of amides is 1. The van der Waals surface area contributed by atoms with Crippen molar-refractivity contribution in [2.45, 2.75) is 26.2 Å². The summed E-state index contributed by atoms with van der Waals surface area (Å²) in [6.45, 7) is 2.17. The van der Waals surface area contributed by atoms with Gasteiger partial charge in [0.25, 0.3) is 0 Å². The number of hydrogen-bond acceptors (Lipinski definition) is 2. The van der Waals surface area contributed by atoms with E-state index in [1.165, 1.54) is 6.92 Å². The first kappa shape index (κ1) is 13.0. The Balaban J connectivity index is 2.80. The van der Waals surface area contributed by atoms with Gasteiger partial charge in [0.1, 0.15) is 0 Å². The second-order valence-electron chi connectivity index (χ2n) is 3.70. The Labute approximate surface area is 101 Å². The van der Waals surface area contributed by atoms with E-state index in [-0.39, 0.29) is 5.91 Å². The van der Waals surface area contributed by atoms with Crippen LogP contribution in [0.15, 0.2) is 18.2 Å². The van der Waals surface area contributed by atoms with Gasteiger partial charge in [0.05, 0.1) is 10.7 Å². The molecule has 0 aromatic heterocycles. The highest BCUT2D eigenvalue weighted by Gasteiger charge is 2.07. The molecule has 0 saturated carbocycles. The number of para-hydroxylation sites is 1. The molecule has 0 saturated heterocycles. The third kappa shape index (κ3) is 3.83. The quantitative estimate of drug-likeness (QED) is 0.778. The average molecular weight is 241 g/mol. The van der Waals surface area contributed by atoms with Crippen LogP contribution in [0.1, 0.15) is 25.3 Å².